The Morgan fingerprint density at radius 1 is 0.690 bits per heavy atom. The van der Waals surface area contributed by atoms with Crippen LogP contribution in [0.5, 0.6) is 0 Å². The van der Waals surface area contributed by atoms with Gasteiger partial charge in [0.2, 0.25) is 0 Å². The third-order valence-corrected chi connectivity index (χ3v) is 5.13. The predicted octanol–water partition coefficient (Wildman–Crippen LogP) is -4.35. The fourth-order valence-corrected chi connectivity index (χ4v) is 3.14. The maximum Gasteiger partial charge on any atom is 0.186 e. The standard InChI is InChI=1S/C17H32O12/c1-7(6-27-17-15(25)13(23)11(21)9(5-19)29-17)2-3-26-16-14(24)12(22)10(20)8(4-18)28-16/h7-25H,2-6H2,1H3/t7?,8?,9?,10?,11-,12?,13?,14?,15?,16+,17+/m0/s1. The molecule has 0 aliphatic carbocycles. The first kappa shape index (κ1) is 24.8. The van der Waals surface area contributed by atoms with E-state index in [9.17, 15) is 30.6 Å². The van der Waals surface area contributed by atoms with E-state index in [-0.39, 0.29) is 19.1 Å². The highest BCUT2D eigenvalue weighted by molar-refractivity contribution is 4.89. The third-order valence-electron chi connectivity index (χ3n) is 5.13. The van der Waals surface area contributed by atoms with E-state index in [1.807, 2.05) is 0 Å². The van der Waals surface area contributed by atoms with Gasteiger partial charge in [-0.15, -0.1) is 0 Å². The monoisotopic (exact) mass is 428 g/mol. The largest absolute Gasteiger partial charge is 0.394 e. The van der Waals surface area contributed by atoms with Crippen LogP contribution < -0.4 is 0 Å². The Bertz CT molecular complexity index is 477. The zero-order valence-electron chi connectivity index (χ0n) is 16.1. The van der Waals surface area contributed by atoms with E-state index in [1.165, 1.54) is 0 Å². The molecule has 0 bridgehead atoms. The molecule has 0 aromatic carbocycles. The van der Waals surface area contributed by atoms with Gasteiger partial charge in [0, 0.05) is 0 Å². The van der Waals surface area contributed by atoms with Crippen molar-refractivity contribution in [1.82, 2.24) is 0 Å². The van der Waals surface area contributed by atoms with Crippen LogP contribution in [0.3, 0.4) is 0 Å². The van der Waals surface area contributed by atoms with E-state index in [2.05, 4.69) is 0 Å². The van der Waals surface area contributed by atoms with Crippen molar-refractivity contribution in [3.05, 3.63) is 0 Å². The molecule has 0 aromatic heterocycles. The topological polar surface area (TPSA) is 199 Å². The highest BCUT2D eigenvalue weighted by Crippen LogP contribution is 2.24. The number of hydrogen-bond donors (Lipinski definition) is 8. The van der Waals surface area contributed by atoms with Gasteiger partial charge in [0.25, 0.3) is 0 Å². The molecule has 0 spiro atoms. The Hall–Kier alpha value is -0.480. The molecule has 11 atom stereocenters. The normalized spacial score (nSPS) is 44.6. The zero-order valence-corrected chi connectivity index (χ0v) is 16.1. The van der Waals surface area contributed by atoms with Crippen LogP contribution in [0.4, 0.5) is 0 Å². The Morgan fingerprint density at radius 3 is 1.59 bits per heavy atom. The zero-order chi connectivity index (χ0) is 21.7. The first-order valence-corrected chi connectivity index (χ1v) is 9.55. The van der Waals surface area contributed by atoms with Gasteiger partial charge in [-0.2, -0.15) is 0 Å². The second kappa shape index (κ2) is 11.2. The SMILES string of the molecule is CC(CCO[C@@H]1OC(CO)C(O)C(O)C1O)CO[C@@H]1OC(CO)[C@H](O)C(O)C1O. The molecule has 2 aliphatic rings. The summed E-state index contributed by atoms with van der Waals surface area (Å²) in [7, 11) is 0. The van der Waals surface area contributed by atoms with Crippen LogP contribution in [0.15, 0.2) is 0 Å². The van der Waals surface area contributed by atoms with Crippen molar-refractivity contribution in [2.75, 3.05) is 26.4 Å². The summed E-state index contributed by atoms with van der Waals surface area (Å²) in [6.45, 7) is 0.907. The van der Waals surface area contributed by atoms with E-state index < -0.39 is 74.6 Å². The summed E-state index contributed by atoms with van der Waals surface area (Å²) >= 11 is 0. The summed E-state index contributed by atoms with van der Waals surface area (Å²) < 4.78 is 21.3. The minimum atomic E-state index is -1.52. The maximum atomic E-state index is 9.93. The van der Waals surface area contributed by atoms with Gasteiger partial charge in [-0.3, -0.25) is 0 Å². The van der Waals surface area contributed by atoms with Gasteiger partial charge in [0.1, 0.15) is 48.8 Å². The van der Waals surface area contributed by atoms with Crippen molar-refractivity contribution in [2.45, 2.75) is 74.8 Å². The maximum absolute atomic E-state index is 9.93. The van der Waals surface area contributed by atoms with Gasteiger partial charge < -0.3 is 59.8 Å². The Labute approximate surface area is 167 Å². The van der Waals surface area contributed by atoms with Crippen LogP contribution in [-0.4, -0.2) is 129 Å². The molecule has 0 saturated carbocycles. The van der Waals surface area contributed by atoms with Crippen molar-refractivity contribution in [3.63, 3.8) is 0 Å². The first-order valence-electron chi connectivity index (χ1n) is 9.55. The fourth-order valence-electron chi connectivity index (χ4n) is 3.14. The Morgan fingerprint density at radius 2 is 1.14 bits per heavy atom. The summed E-state index contributed by atoms with van der Waals surface area (Å²) in [5, 5.41) is 77.1. The third kappa shape index (κ3) is 6.03. The molecule has 0 amide bonds. The predicted molar refractivity (Wildman–Crippen MR) is 93.2 cm³/mol. The molecule has 2 aliphatic heterocycles. The smallest absolute Gasteiger partial charge is 0.186 e. The van der Waals surface area contributed by atoms with E-state index in [0.29, 0.717) is 6.42 Å². The average molecular weight is 428 g/mol. The fraction of sp³-hybridized carbons (Fsp3) is 1.00. The summed E-state index contributed by atoms with van der Waals surface area (Å²) in [5.41, 5.74) is 0. The molecule has 0 radical (unpaired) electrons. The molecule has 12 nitrogen and oxygen atoms in total. The van der Waals surface area contributed by atoms with Crippen LogP contribution in [0.1, 0.15) is 13.3 Å². The summed E-state index contributed by atoms with van der Waals surface area (Å²) in [6, 6.07) is 0. The second-order valence-electron chi connectivity index (χ2n) is 7.49. The van der Waals surface area contributed by atoms with Crippen LogP contribution in [0, 0.1) is 5.92 Å². The molecular weight excluding hydrogens is 396 g/mol. The van der Waals surface area contributed by atoms with E-state index in [4.69, 9.17) is 29.2 Å². The van der Waals surface area contributed by atoms with Crippen molar-refractivity contribution in [3.8, 4) is 0 Å². The molecular formula is C17H32O12. The number of rotatable bonds is 9. The van der Waals surface area contributed by atoms with Gasteiger partial charge in [-0.05, 0) is 12.3 Å². The lowest BCUT2D eigenvalue weighted by Crippen LogP contribution is -2.59. The molecule has 8 unspecified atom stereocenters. The number of ether oxygens (including phenoxy) is 4. The molecule has 2 fully saturated rings. The average Bonchev–Trinajstić information content (AvgIpc) is 2.71. The minimum Gasteiger partial charge on any atom is -0.394 e. The summed E-state index contributed by atoms with van der Waals surface area (Å²) in [4.78, 5) is 0. The van der Waals surface area contributed by atoms with Gasteiger partial charge >= 0.3 is 0 Å². The quantitative estimate of drug-likeness (QED) is 0.176. The highest BCUT2D eigenvalue weighted by Gasteiger charge is 2.45. The second-order valence-corrected chi connectivity index (χ2v) is 7.49. The lowest BCUT2D eigenvalue weighted by atomic mass is 9.99. The van der Waals surface area contributed by atoms with E-state index >= 15 is 0 Å². The molecule has 8 N–H and O–H groups in total. The van der Waals surface area contributed by atoms with Gasteiger partial charge in [0.15, 0.2) is 12.6 Å². The molecule has 2 rings (SSSR count). The number of aliphatic hydroxyl groups excluding tert-OH is 8. The van der Waals surface area contributed by atoms with Crippen molar-refractivity contribution in [1.29, 1.82) is 0 Å². The summed E-state index contributed by atoms with van der Waals surface area (Å²) in [6.07, 6.45) is -13.0. The lowest BCUT2D eigenvalue weighted by Gasteiger charge is -2.40. The van der Waals surface area contributed by atoms with Crippen LogP contribution >= 0.6 is 0 Å². The number of hydrogen-bond acceptors (Lipinski definition) is 12. The van der Waals surface area contributed by atoms with Crippen molar-refractivity contribution in [2.24, 2.45) is 5.92 Å². The molecule has 172 valence electrons. The van der Waals surface area contributed by atoms with Gasteiger partial charge in [0.05, 0.1) is 26.4 Å². The number of aliphatic hydroxyl groups is 8. The molecule has 0 aromatic rings. The molecule has 12 heteroatoms. The first-order chi connectivity index (χ1) is 13.7. The molecule has 29 heavy (non-hydrogen) atoms. The highest BCUT2D eigenvalue weighted by atomic mass is 16.7. The Kier molecular flexibility index (Phi) is 9.60. The van der Waals surface area contributed by atoms with E-state index in [1.54, 1.807) is 6.92 Å². The molecule has 2 heterocycles. The van der Waals surface area contributed by atoms with Crippen LogP contribution in [-0.2, 0) is 18.9 Å². The minimum absolute atomic E-state index is 0.0979. The Balaban J connectivity index is 1.74. The van der Waals surface area contributed by atoms with Crippen molar-refractivity contribution >= 4 is 0 Å². The van der Waals surface area contributed by atoms with Crippen LogP contribution in [0.25, 0.3) is 0 Å². The lowest BCUT2D eigenvalue weighted by molar-refractivity contribution is -0.306. The van der Waals surface area contributed by atoms with Gasteiger partial charge in [-0.1, -0.05) is 6.92 Å². The van der Waals surface area contributed by atoms with Gasteiger partial charge in [-0.25, -0.2) is 0 Å². The molecule has 2 saturated heterocycles. The van der Waals surface area contributed by atoms with Crippen molar-refractivity contribution < 1.29 is 59.8 Å². The van der Waals surface area contributed by atoms with E-state index in [0.717, 1.165) is 0 Å². The summed E-state index contributed by atoms with van der Waals surface area (Å²) in [5.74, 6) is -0.118. The van der Waals surface area contributed by atoms with Crippen LogP contribution in [0.2, 0.25) is 0 Å².